The first-order valence-corrected chi connectivity index (χ1v) is 13.1. The van der Waals surface area contributed by atoms with Crippen molar-refractivity contribution in [2.24, 2.45) is 0 Å². The number of nitrogens with zero attached hydrogens (tertiary/aromatic N) is 1. The van der Waals surface area contributed by atoms with Crippen LogP contribution in [0.1, 0.15) is 75.6 Å². The Bertz CT molecular complexity index is 1300. The molecule has 0 fully saturated rings. The Morgan fingerprint density at radius 1 is 1.14 bits per heavy atom. The molecule has 2 N–H and O–H groups in total. The molecule has 4 rings (SSSR count). The first-order chi connectivity index (χ1) is 16.6. The summed E-state index contributed by atoms with van der Waals surface area (Å²) in [6.45, 7) is 19.9. The van der Waals surface area contributed by atoms with E-state index < -0.39 is 0 Å². The molecule has 0 bridgehead atoms. The van der Waals surface area contributed by atoms with Gasteiger partial charge in [0.1, 0.15) is 5.82 Å². The van der Waals surface area contributed by atoms with Gasteiger partial charge >= 0.3 is 0 Å². The van der Waals surface area contributed by atoms with Crippen molar-refractivity contribution >= 4 is 28.3 Å². The van der Waals surface area contributed by atoms with Crippen LogP contribution in [0.2, 0.25) is 0 Å². The maximum atomic E-state index is 13.9. The Labute approximate surface area is 213 Å². The minimum atomic E-state index is -0.160. The molecule has 0 spiro atoms. The zero-order valence-corrected chi connectivity index (χ0v) is 22.5. The molecule has 2 aromatic heterocycles. The van der Waals surface area contributed by atoms with Gasteiger partial charge in [-0.25, -0.2) is 4.39 Å². The number of benzene rings is 1. The van der Waals surface area contributed by atoms with Crippen molar-refractivity contribution in [2.75, 3.05) is 13.6 Å². The second-order valence-electron chi connectivity index (χ2n) is 9.76. The van der Waals surface area contributed by atoms with E-state index in [0.29, 0.717) is 5.92 Å². The third kappa shape index (κ3) is 4.87. The van der Waals surface area contributed by atoms with Crippen LogP contribution in [0.4, 0.5) is 4.39 Å². The highest BCUT2D eigenvalue weighted by Crippen LogP contribution is 2.43. The van der Waals surface area contributed by atoms with Gasteiger partial charge in [0.25, 0.3) is 0 Å². The third-order valence-corrected chi connectivity index (χ3v) is 8.32. The highest BCUT2D eigenvalue weighted by molar-refractivity contribution is 7.13. The van der Waals surface area contributed by atoms with E-state index in [9.17, 15) is 4.39 Å². The number of aromatic nitrogens is 1. The first kappa shape index (κ1) is 25.1. The van der Waals surface area contributed by atoms with Crippen LogP contribution in [-0.4, -0.2) is 23.5 Å². The number of aromatic amines is 1. The minimum Gasteiger partial charge on any atom is -0.384 e. The quantitative estimate of drug-likeness (QED) is 0.341. The molecule has 0 saturated carbocycles. The van der Waals surface area contributed by atoms with Crippen molar-refractivity contribution in [1.82, 2.24) is 15.2 Å². The fourth-order valence-electron chi connectivity index (χ4n) is 4.81. The van der Waals surface area contributed by atoms with Crippen molar-refractivity contribution in [3.05, 3.63) is 98.4 Å². The third-order valence-electron chi connectivity index (χ3n) is 6.81. The molecule has 1 aliphatic heterocycles. The molecule has 1 aliphatic rings. The Morgan fingerprint density at radius 3 is 2.46 bits per heavy atom. The van der Waals surface area contributed by atoms with Crippen LogP contribution in [0.15, 0.2) is 43.6 Å². The lowest BCUT2D eigenvalue weighted by Gasteiger charge is -2.25. The lowest BCUT2D eigenvalue weighted by Crippen LogP contribution is -2.15. The summed E-state index contributed by atoms with van der Waals surface area (Å²) in [5, 5.41) is 3.32. The molecule has 0 aliphatic carbocycles. The zero-order chi connectivity index (χ0) is 25.4. The van der Waals surface area contributed by atoms with Crippen LogP contribution in [-0.2, 0) is 12.8 Å². The van der Waals surface area contributed by atoms with Crippen molar-refractivity contribution in [3.63, 3.8) is 0 Å². The number of rotatable bonds is 8. The van der Waals surface area contributed by atoms with Gasteiger partial charge in [0.05, 0.1) is 22.8 Å². The lowest BCUT2D eigenvalue weighted by molar-refractivity contribution is 0.624. The number of H-pyrrole nitrogens is 1. The maximum absolute atomic E-state index is 13.9. The molecule has 5 heteroatoms. The molecular weight excluding hydrogens is 453 g/mol. The van der Waals surface area contributed by atoms with E-state index in [1.807, 2.05) is 32.2 Å². The molecule has 0 saturated heterocycles. The Kier molecular flexibility index (Phi) is 7.09. The predicted molar refractivity (Wildman–Crippen MR) is 149 cm³/mol. The molecule has 35 heavy (non-hydrogen) atoms. The fraction of sp³-hybridized carbons (Fsp3) is 0.333. The van der Waals surface area contributed by atoms with Gasteiger partial charge in [0, 0.05) is 40.7 Å². The number of fused-ring (bicyclic) bond motifs is 1. The predicted octanol–water partition coefficient (Wildman–Crippen LogP) is 7.63. The van der Waals surface area contributed by atoms with Crippen molar-refractivity contribution in [1.29, 1.82) is 0 Å². The van der Waals surface area contributed by atoms with E-state index in [0.717, 1.165) is 58.9 Å². The Balaban J connectivity index is 1.77. The largest absolute Gasteiger partial charge is 0.384 e. The zero-order valence-electron chi connectivity index (χ0n) is 21.7. The monoisotopic (exact) mass is 489 g/mol. The highest BCUT2D eigenvalue weighted by atomic mass is 32.1. The summed E-state index contributed by atoms with van der Waals surface area (Å²) in [5.41, 5.74) is 10.8. The van der Waals surface area contributed by atoms with Crippen LogP contribution < -0.4 is 5.32 Å². The highest BCUT2D eigenvalue weighted by Gasteiger charge is 2.26. The van der Waals surface area contributed by atoms with E-state index in [1.54, 1.807) is 12.1 Å². The van der Waals surface area contributed by atoms with Gasteiger partial charge in [-0.15, -0.1) is 11.3 Å². The SMILES string of the molecule is C=C(NCC)c1cc2c([nH]1)C(=C)N(C)C=C2c1sc(C(C)C)cc1CCc1c(C)cc(F)cc1C. The molecule has 0 atom stereocenters. The van der Waals surface area contributed by atoms with Gasteiger partial charge in [-0.3, -0.25) is 0 Å². The van der Waals surface area contributed by atoms with E-state index in [4.69, 9.17) is 0 Å². The molecule has 0 unspecified atom stereocenters. The topological polar surface area (TPSA) is 31.1 Å². The summed E-state index contributed by atoms with van der Waals surface area (Å²) < 4.78 is 13.9. The van der Waals surface area contributed by atoms with Crippen molar-refractivity contribution in [3.8, 4) is 0 Å². The first-order valence-electron chi connectivity index (χ1n) is 12.3. The van der Waals surface area contributed by atoms with E-state index >= 15 is 0 Å². The van der Waals surface area contributed by atoms with Gasteiger partial charge in [0.2, 0.25) is 0 Å². The van der Waals surface area contributed by atoms with Crippen LogP contribution in [0.5, 0.6) is 0 Å². The average molecular weight is 490 g/mol. The van der Waals surface area contributed by atoms with Gasteiger partial charge in [-0.05, 0) is 86.1 Å². The number of aryl methyl sites for hydroxylation is 3. The van der Waals surface area contributed by atoms with E-state index in [2.05, 4.69) is 67.5 Å². The Hall–Kier alpha value is -3.05. The molecule has 3 aromatic rings. The summed E-state index contributed by atoms with van der Waals surface area (Å²) >= 11 is 1.88. The summed E-state index contributed by atoms with van der Waals surface area (Å²) in [6, 6.07) is 7.85. The van der Waals surface area contributed by atoms with Crippen LogP contribution >= 0.6 is 11.3 Å². The van der Waals surface area contributed by atoms with Gasteiger partial charge in [0.15, 0.2) is 0 Å². The number of hydrogen-bond acceptors (Lipinski definition) is 3. The van der Waals surface area contributed by atoms with Crippen LogP contribution in [0.25, 0.3) is 17.0 Å². The molecular formula is C30H36FN3S. The molecule has 3 nitrogen and oxygen atoms in total. The number of hydrogen-bond donors (Lipinski definition) is 2. The van der Waals surface area contributed by atoms with Crippen LogP contribution in [0.3, 0.4) is 0 Å². The van der Waals surface area contributed by atoms with E-state index in [-0.39, 0.29) is 5.82 Å². The van der Waals surface area contributed by atoms with Crippen molar-refractivity contribution < 1.29 is 4.39 Å². The lowest BCUT2D eigenvalue weighted by atomic mass is 9.93. The summed E-state index contributed by atoms with van der Waals surface area (Å²) in [7, 11) is 2.05. The average Bonchev–Trinajstić information content (AvgIpc) is 3.41. The summed E-state index contributed by atoms with van der Waals surface area (Å²) in [5.74, 6) is 0.293. The molecule has 0 radical (unpaired) electrons. The molecule has 1 aromatic carbocycles. The normalized spacial score (nSPS) is 13.3. The number of thiophene rings is 1. The molecule has 0 amide bonds. The second-order valence-corrected chi connectivity index (χ2v) is 10.8. The molecule has 3 heterocycles. The fourth-order valence-corrected chi connectivity index (χ4v) is 6.04. The minimum absolute atomic E-state index is 0.160. The van der Waals surface area contributed by atoms with Crippen LogP contribution in [0, 0.1) is 19.7 Å². The van der Waals surface area contributed by atoms with Gasteiger partial charge in [-0.2, -0.15) is 0 Å². The summed E-state index contributed by atoms with van der Waals surface area (Å²) in [4.78, 5) is 8.33. The number of nitrogens with one attached hydrogen (secondary N) is 2. The smallest absolute Gasteiger partial charge is 0.123 e. The Morgan fingerprint density at radius 2 is 1.83 bits per heavy atom. The molecule has 184 valence electrons. The van der Waals surface area contributed by atoms with Crippen molar-refractivity contribution in [2.45, 2.75) is 53.4 Å². The van der Waals surface area contributed by atoms with Gasteiger partial charge in [-0.1, -0.05) is 27.0 Å². The maximum Gasteiger partial charge on any atom is 0.123 e. The standard InChI is InChI=1S/C30H36FN3S/c1-9-32-20(6)27-15-25-26(16-34(8)21(7)29(25)33-27)30-22(14-28(35-30)17(2)3)10-11-24-18(4)12-23(31)13-19(24)5/h12-17,32-33H,6-7,9-11H2,1-5,8H3. The van der Waals surface area contributed by atoms with E-state index in [1.165, 1.54) is 26.5 Å². The summed E-state index contributed by atoms with van der Waals surface area (Å²) in [6.07, 6.45) is 3.99. The number of halogens is 1. The second kappa shape index (κ2) is 9.90. The van der Waals surface area contributed by atoms with Gasteiger partial charge < -0.3 is 15.2 Å².